The number of aliphatic hydroxyl groups is 2. The fraction of sp³-hybridized carbons (Fsp3) is 0.485. The first-order valence-corrected chi connectivity index (χ1v) is 14.4. The largest absolute Gasteiger partial charge is 0.493 e. The highest BCUT2D eigenvalue weighted by Gasteiger charge is 2.44. The van der Waals surface area contributed by atoms with Gasteiger partial charge in [-0.05, 0) is 99.2 Å². The van der Waals surface area contributed by atoms with E-state index in [1.807, 2.05) is 45.9 Å². The van der Waals surface area contributed by atoms with Crippen molar-refractivity contribution in [1.82, 2.24) is 4.98 Å². The Bertz CT molecular complexity index is 1440. The lowest BCUT2D eigenvalue weighted by Crippen LogP contribution is -2.48. The van der Waals surface area contributed by atoms with Gasteiger partial charge in [-0.25, -0.2) is 23.5 Å². The first-order valence-electron chi connectivity index (χ1n) is 14.4. The van der Waals surface area contributed by atoms with Crippen molar-refractivity contribution in [2.75, 3.05) is 19.8 Å². The van der Waals surface area contributed by atoms with Gasteiger partial charge in [0.2, 0.25) is 5.88 Å². The van der Waals surface area contributed by atoms with Crippen molar-refractivity contribution >= 4 is 0 Å². The minimum Gasteiger partial charge on any atom is -0.493 e. The highest BCUT2D eigenvalue weighted by Crippen LogP contribution is 2.45. The molecular formula is C33H41F2NO7. The zero-order valence-electron chi connectivity index (χ0n) is 25.3. The summed E-state index contributed by atoms with van der Waals surface area (Å²) in [6, 6.07) is 7.89. The molecular weight excluding hydrogens is 560 g/mol. The quantitative estimate of drug-likeness (QED) is 0.226. The highest BCUT2D eigenvalue weighted by atomic mass is 19.1. The molecule has 0 amide bonds. The van der Waals surface area contributed by atoms with E-state index in [0.29, 0.717) is 43.2 Å². The van der Waals surface area contributed by atoms with E-state index < -0.39 is 22.8 Å². The third-order valence-electron chi connectivity index (χ3n) is 8.72. The lowest BCUT2D eigenvalue weighted by molar-refractivity contribution is -0.369. The Morgan fingerprint density at radius 2 is 1.72 bits per heavy atom. The molecule has 0 bridgehead atoms. The Morgan fingerprint density at radius 1 is 1.02 bits per heavy atom. The summed E-state index contributed by atoms with van der Waals surface area (Å²) >= 11 is 0. The molecule has 0 radical (unpaired) electrons. The second-order valence-electron chi connectivity index (χ2n) is 12.0. The number of aryl methyl sites for hydroxylation is 2. The zero-order chi connectivity index (χ0) is 30.2. The summed E-state index contributed by atoms with van der Waals surface area (Å²) in [7, 11) is 0. The number of halogens is 2. The van der Waals surface area contributed by atoms with Crippen LogP contribution in [0.4, 0.5) is 8.78 Å². The van der Waals surface area contributed by atoms with Crippen LogP contribution >= 0.6 is 0 Å². The molecule has 8 nitrogen and oxygen atoms in total. The predicted molar refractivity (Wildman–Crippen MR) is 157 cm³/mol. The molecule has 10 heteroatoms. The van der Waals surface area contributed by atoms with Gasteiger partial charge in [0.25, 0.3) is 0 Å². The molecule has 234 valence electrons. The number of hydrogen-bond acceptors (Lipinski definition) is 7. The first-order chi connectivity index (χ1) is 20.0. The normalized spacial score (nSPS) is 24.2. The maximum atomic E-state index is 15.1. The molecule has 3 aromatic rings. The van der Waals surface area contributed by atoms with Gasteiger partial charge in [-0.1, -0.05) is 6.92 Å². The number of aromatic nitrogens is 1. The molecule has 0 saturated heterocycles. The summed E-state index contributed by atoms with van der Waals surface area (Å²) in [5.74, 6) is -0.0324. The summed E-state index contributed by atoms with van der Waals surface area (Å²) in [5, 5.41) is 19.2. The highest BCUT2D eigenvalue weighted by molar-refractivity contribution is 5.73. The fourth-order valence-electron chi connectivity index (χ4n) is 6.22. The van der Waals surface area contributed by atoms with Crippen molar-refractivity contribution in [3.63, 3.8) is 0 Å². The molecule has 1 fully saturated rings. The number of aliphatic hydroxyl groups excluding tert-OH is 1. The minimum absolute atomic E-state index is 0. The van der Waals surface area contributed by atoms with Gasteiger partial charge in [-0.15, -0.1) is 0 Å². The van der Waals surface area contributed by atoms with Gasteiger partial charge in [0.1, 0.15) is 29.6 Å². The number of ether oxygens (including phenoxy) is 2. The van der Waals surface area contributed by atoms with Crippen LogP contribution in [0.25, 0.3) is 11.1 Å². The third-order valence-corrected chi connectivity index (χ3v) is 8.72. The van der Waals surface area contributed by atoms with Crippen LogP contribution in [0, 0.1) is 37.3 Å². The van der Waals surface area contributed by atoms with E-state index in [4.69, 9.17) is 19.2 Å². The summed E-state index contributed by atoms with van der Waals surface area (Å²) in [6.07, 6.45) is 3.46. The molecule has 2 aliphatic carbocycles. The monoisotopic (exact) mass is 601 g/mol. The lowest BCUT2D eigenvalue weighted by atomic mass is 9.72. The van der Waals surface area contributed by atoms with Crippen molar-refractivity contribution in [2.24, 2.45) is 11.8 Å². The molecule has 4 N–H and O–H groups in total. The Kier molecular flexibility index (Phi) is 9.78. The van der Waals surface area contributed by atoms with Crippen LogP contribution in [0.2, 0.25) is 0 Å². The van der Waals surface area contributed by atoms with Crippen LogP contribution in [0.15, 0.2) is 36.5 Å². The topological polar surface area (TPSA) is 122 Å². The maximum Gasteiger partial charge on any atom is 0.213 e. The van der Waals surface area contributed by atoms with E-state index in [0.717, 1.165) is 34.7 Å². The second kappa shape index (κ2) is 12.8. The van der Waals surface area contributed by atoms with E-state index in [1.54, 1.807) is 6.20 Å². The van der Waals surface area contributed by atoms with Gasteiger partial charge in [0.05, 0.1) is 25.4 Å². The van der Waals surface area contributed by atoms with E-state index in [1.165, 1.54) is 6.07 Å². The maximum absolute atomic E-state index is 15.1. The van der Waals surface area contributed by atoms with Crippen LogP contribution in [0.5, 0.6) is 11.6 Å². The molecule has 1 heterocycles. The Labute approximate surface area is 250 Å². The molecule has 5 rings (SSSR count). The SMILES string of the molecule is CCOOC1(C)c2cnc(OCc3cc(-c4c(C)cc(OCC5CC(O)(CO)C5)cc4C)c(F)cc3F)cc2CC1C.O. The predicted octanol–water partition coefficient (Wildman–Crippen LogP) is 5.29. The molecule has 1 aromatic heterocycles. The zero-order valence-corrected chi connectivity index (χ0v) is 25.3. The fourth-order valence-corrected chi connectivity index (χ4v) is 6.22. The Morgan fingerprint density at radius 3 is 2.37 bits per heavy atom. The van der Waals surface area contributed by atoms with Crippen molar-refractivity contribution in [3.8, 4) is 22.8 Å². The van der Waals surface area contributed by atoms with Crippen LogP contribution in [-0.4, -0.2) is 46.1 Å². The van der Waals surface area contributed by atoms with Gasteiger partial charge in [-0.3, -0.25) is 0 Å². The summed E-state index contributed by atoms with van der Waals surface area (Å²) < 4.78 is 41.8. The van der Waals surface area contributed by atoms with Crippen LogP contribution in [0.3, 0.4) is 0 Å². The van der Waals surface area contributed by atoms with E-state index in [2.05, 4.69) is 11.9 Å². The van der Waals surface area contributed by atoms with Crippen molar-refractivity contribution in [1.29, 1.82) is 0 Å². The molecule has 2 aromatic carbocycles. The second-order valence-corrected chi connectivity index (χ2v) is 12.0. The molecule has 43 heavy (non-hydrogen) atoms. The number of nitrogens with zero attached hydrogens (tertiary/aromatic N) is 1. The average molecular weight is 602 g/mol. The molecule has 2 aliphatic rings. The first kappa shape index (κ1) is 32.8. The van der Waals surface area contributed by atoms with Crippen molar-refractivity contribution in [3.05, 3.63) is 76.0 Å². The summed E-state index contributed by atoms with van der Waals surface area (Å²) in [4.78, 5) is 15.4. The van der Waals surface area contributed by atoms with Crippen molar-refractivity contribution < 1.29 is 43.7 Å². The smallest absolute Gasteiger partial charge is 0.213 e. The number of benzene rings is 2. The van der Waals surface area contributed by atoms with Crippen LogP contribution < -0.4 is 9.47 Å². The van der Waals surface area contributed by atoms with E-state index >= 15 is 4.39 Å². The Hall–Kier alpha value is -3.15. The minimum atomic E-state index is -1.000. The summed E-state index contributed by atoms with van der Waals surface area (Å²) in [6.45, 7) is 10.1. The summed E-state index contributed by atoms with van der Waals surface area (Å²) in [5.41, 5.74) is 3.08. The van der Waals surface area contributed by atoms with E-state index in [-0.39, 0.29) is 41.7 Å². The molecule has 0 spiro atoms. The molecule has 2 unspecified atom stereocenters. The van der Waals surface area contributed by atoms with Gasteiger partial charge in [-0.2, -0.15) is 0 Å². The van der Waals surface area contributed by atoms with E-state index in [9.17, 15) is 14.6 Å². The van der Waals surface area contributed by atoms with Crippen LogP contribution in [-0.2, 0) is 28.4 Å². The molecule has 2 atom stereocenters. The lowest BCUT2D eigenvalue weighted by Gasteiger charge is -2.42. The van der Waals surface area contributed by atoms with Crippen LogP contribution in [0.1, 0.15) is 61.4 Å². The number of fused-ring (bicyclic) bond motifs is 1. The molecule has 1 saturated carbocycles. The average Bonchev–Trinajstić information content (AvgIpc) is 3.18. The molecule has 0 aliphatic heterocycles. The Balaban J connectivity index is 0.00000423. The van der Waals surface area contributed by atoms with Crippen molar-refractivity contribution in [2.45, 2.75) is 71.7 Å². The number of hydrogen-bond donors (Lipinski definition) is 2. The standard InChI is InChI=1S/C33H39F2NO6.H2O/c1-6-41-42-32(5)21(4)9-23-11-30(36-15-27(23)32)40-17-24-10-26(29(35)12-28(24)34)31-19(2)7-25(8-20(31)3)39-16-22-13-33(38,14-22)18-37;/h7-8,10-12,15,21-22,37-38H,6,9,13-14,16-18H2,1-5H3;1H2. The van der Waals surface area contributed by atoms with Gasteiger partial charge in [0.15, 0.2) is 0 Å². The van der Waals surface area contributed by atoms with Gasteiger partial charge < -0.3 is 25.2 Å². The third kappa shape index (κ3) is 6.53. The van der Waals surface area contributed by atoms with Gasteiger partial charge in [0, 0.05) is 35.0 Å². The number of pyridine rings is 1. The van der Waals surface area contributed by atoms with Gasteiger partial charge >= 0.3 is 0 Å². The number of rotatable bonds is 11.